The Morgan fingerprint density at radius 3 is 2.53 bits per heavy atom. The van der Waals surface area contributed by atoms with Crippen molar-refractivity contribution in [3.05, 3.63) is 23.8 Å². The molecular formula is C11H17NO3S2. The smallest absolute Gasteiger partial charge is 0.150 e. The summed E-state index contributed by atoms with van der Waals surface area (Å²) in [6.45, 7) is 3.42. The molecule has 2 N–H and O–H groups in total. The van der Waals surface area contributed by atoms with Crippen molar-refractivity contribution in [2.75, 3.05) is 23.0 Å². The second-order valence-electron chi connectivity index (χ2n) is 3.80. The van der Waals surface area contributed by atoms with Crippen LogP contribution >= 0.6 is 0 Å². The lowest BCUT2D eigenvalue weighted by molar-refractivity contribution is 0.598. The third kappa shape index (κ3) is 4.12. The predicted octanol–water partition coefficient (Wildman–Crippen LogP) is 1.12. The minimum Gasteiger partial charge on any atom is -0.399 e. The summed E-state index contributed by atoms with van der Waals surface area (Å²) >= 11 is 0. The van der Waals surface area contributed by atoms with Crippen LogP contribution < -0.4 is 5.73 Å². The van der Waals surface area contributed by atoms with Crippen molar-refractivity contribution >= 4 is 26.3 Å². The zero-order valence-corrected chi connectivity index (χ0v) is 11.6. The molecule has 0 spiro atoms. The maximum Gasteiger partial charge on any atom is 0.150 e. The number of hydrogen-bond acceptors (Lipinski definition) is 4. The van der Waals surface area contributed by atoms with E-state index < -0.39 is 20.6 Å². The molecule has 0 aliphatic heterocycles. The first-order chi connectivity index (χ1) is 7.85. The lowest BCUT2D eigenvalue weighted by atomic mass is 10.2. The van der Waals surface area contributed by atoms with Gasteiger partial charge in [0.25, 0.3) is 0 Å². The molecule has 0 heterocycles. The fourth-order valence-corrected chi connectivity index (χ4v) is 3.93. The van der Waals surface area contributed by atoms with Crippen LogP contribution in [0.3, 0.4) is 0 Å². The van der Waals surface area contributed by atoms with Crippen LogP contribution in [0.1, 0.15) is 12.5 Å². The summed E-state index contributed by atoms with van der Waals surface area (Å²) in [6.07, 6.45) is 0. The van der Waals surface area contributed by atoms with E-state index >= 15 is 0 Å². The van der Waals surface area contributed by atoms with Gasteiger partial charge in [0.2, 0.25) is 0 Å². The fourth-order valence-electron chi connectivity index (χ4n) is 1.25. The lowest BCUT2D eigenvalue weighted by Crippen LogP contribution is -2.15. The molecule has 6 heteroatoms. The van der Waals surface area contributed by atoms with Crippen molar-refractivity contribution in [1.29, 1.82) is 0 Å². The summed E-state index contributed by atoms with van der Waals surface area (Å²) < 4.78 is 34.5. The molecular weight excluding hydrogens is 258 g/mol. The minimum absolute atomic E-state index is 0.0421. The number of anilines is 1. The maximum atomic E-state index is 11.9. The molecule has 96 valence electrons. The fraction of sp³-hybridized carbons (Fsp3) is 0.455. The zero-order chi connectivity index (χ0) is 13.1. The van der Waals surface area contributed by atoms with Crippen LogP contribution in [-0.2, 0) is 20.6 Å². The van der Waals surface area contributed by atoms with Gasteiger partial charge in [-0.15, -0.1) is 0 Å². The number of aryl methyl sites for hydroxylation is 1. The molecule has 0 amide bonds. The maximum absolute atomic E-state index is 11.9. The number of hydrogen-bond donors (Lipinski definition) is 1. The Morgan fingerprint density at radius 2 is 2.00 bits per heavy atom. The first kappa shape index (κ1) is 14.2. The molecule has 0 fully saturated rings. The van der Waals surface area contributed by atoms with Gasteiger partial charge in [0.1, 0.15) is 0 Å². The standard InChI is InChI=1S/C11H17NO3S2/c1-3-17(14,15)7-6-16(13)10-4-5-11(12)9(2)8-10/h4-5,8H,3,6-7,12H2,1-2H3. The highest BCUT2D eigenvalue weighted by molar-refractivity contribution is 7.93. The van der Waals surface area contributed by atoms with Crippen molar-refractivity contribution in [3.63, 3.8) is 0 Å². The zero-order valence-electron chi connectivity index (χ0n) is 9.97. The number of rotatable bonds is 5. The molecule has 1 atom stereocenters. The average molecular weight is 275 g/mol. The summed E-state index contributed by atoms with van der Waals surface area (Å²) in [5.74, 6) is 0.185. The van der Waals surface area contributed by atoms with E-state index in [0.29, 0.717) is 10.6 Å². The molecule has 0 aliphatic rings. The van der Waals surface area contributed by atoms with E-state index in [2.05, 4.69) is 0 Å². The predicted molar refractivity (Wildman–Crippen MR) is 71.2 cm³/mol. The highest BCUT2D eigenvalue weighted by Gasteiger charge is 2.12. The Balaban J connectivity index is 2.74. The summed E-state index contributed by atoms with van der Waals surface area (Å²) in [5, 5.41) is 0. The van der Waals surface area contributed by atoms with E-state index in [1.54, 1.807) is 25.1 Å². The monoisotopic (exact) mass is 275 g/mol. The van der Waals surface area contributed by atoms with Crippen LogP contribution in [0.15, 0.2) is 23.1 Å². The average Bonchev–Trinajstić information content (AvgIpc) is 2.30. The summed E-state index contributed by atoms with van der Waals surface area (Å²) in [7, 11) is -4.34. The van der Waals surface area contributed by atoms with Gasteiger partial charge in [0.15, 0.2) is 9.84 Å². The molecule has 0 aliphatic carbocycles. The number of benzene rings is 1. The second-order valence-corrected chi connectivity index (χ2v) is 7.85. The largest absolute Gasteiger partial charge is 0.399 e. The normalized spacial score (nSPS) is 13.5. The van der Waals surface area contributed by atoms with Crippen molar-refractivity contribution in [2.45, 2.75) is 18.7 Å². The quantitative estimate of drug-likeness (QED) is 0.817. The summed E-state index contributed by atoms with van der Waals surface area (Å²) in [5.41, 5.74) is 7.16. The molecule has 17 heavy (non-hydrogen) atoms. The van der Waals surface area contributed by atoms with E-state index in [4.69, 9.17) is 5.73 Å². The Morgan fingerprint density at radius 1 is 1.35 bits per heavy atom. The van der Waals surface area contributed by atoms with Gasteiger partial charge >= 0.3 is 0 Å². The second kappa shape index (κ2) is 5.64. The molecule has 1 aromatic rings. The molecule has 4 nitrogen and oxygen atoms in total. The van der Waals surface area contributed by atoms with Crippen LogP contribution in [0.4, 0.5) is 5.69 Å². The van der Waals surface area contributed by atoms with Crippen molar-refractivity contribution in [3.8, 4) is 0 Å². The van der Waals surface area contributed by atoms with Crippen molar-refractivity contribution < 1.29 is 12.6 Å². The van der Waals surface area contributed by atoms with Gasteiger partial charge in [-0.2, -0.15) is 0 Å². The molecule has 0 aromatic heterocycles. The van der Waals surface area contributed by atoms with Crippen LogP contribution in [0, 0.1) is 6.92 Å². The number of nitrogen functional groups attached to an aromatic ring is 1. The Hall–Kier alpha value is -0.880. The van der Waals surface area contributed by atoms with Crippen molar-refractivity contribution in [1.82, 2.24) is 0 Å². The Labute approximate surface area is 105 Å². The SMILES string of the molecule is CCS(=O)(=O)CCS(=O)c1ccc(N)c(C)c1. The van der Waals surface area contributed by atoms with E-state index in [1.165, 1.54) is 0 Å². The third-order valence-electron chi connectivity index (χ3n) is 2.52. The van der Waals surface area contributed by atoms with E-state index in [9.17, 15) is 12.6 Å². The highest BCUT2D eigenvalue weighted by Crippen LogP contribution is 2.15. The van der Waals surface area contributed by atoms with Crippen LogP contribution in [0.2, 0.25) is 0 Å². The van der Waals surface area contributed by atoms with E-state index in [-0.39, 0.29) is 17.3 Å². The molecule has 0 radical (unpaired) electrons. The molecule has 0 saturated carbocycles. The number of sulfone groups is 1. The van der Waals surface area contributed by atoms with Gasteiger partial charge in [-0.05, 0) is 30.7 Å². The van der Waals surface area contributed by atoms with Gasteiger partial charge in [0, 0.05) is 22.1 Å². The highest BCUT2D eigenvalue weighted by atomic mass is 32.2. The third-order valence-corrected chi connectivity index (χ3v) is 5.84. The van der Waals surface area contributed by atoms with Gasteiger partial charge in [-0.3, -0.25) is 4.21 Å². The minimum atomic E-state index is -3.06. The van der Waals surface area contributed by atoms with Crippen molar-refractivity contribution in [2.24, 2.45) is 0 Å². The van der Waals surface area contributed by atoms with E-state index in [0.717, 1.165) is 5.56 Å². The van der Waals surface area contributed by atoms with Crippen LogP contribution in [0.25, 0.3) is 0 Å². The molecule has 1 aromatic carbocycles. The molecule has 0 bridgehead atoms. The van der Waals surface area contributed by atoms with E-state index in [1.807, 2.05) is 6.92 Å². The summed E-state index contributed by atoms with van der Waals surface area (Å²) in [4.78, 5) is 0.628. The van der Waals surface area contributed by atoms with Gasteiger partial charge < -0.3 is 5.73 Å². The van der Waals surface area contributed by atoms with Gasteiger partial charge in [-0.25, -0.2) is 8.42 Å². The van der Waals surface area contributed by atoms with Gasteiger partial charge in [-0.1, -0.05) is 6.92 Å². The Kier molecular flexibility index (Phi) is 4.70. The molecule has 1 rings (SSSR count). The first-order valence-electron chi connectivity index (χ1n) is 5.30. The first-order valence-corrected chi connectivity index (χ1v) is 8.44. The topological polar surface area (TPSA) is 77.2 Å². The Bertz CT molecular complexity index is 524. The summed E-state index contributed by atoms with van der Waals surface area (Å²) in [6, 6.07) is 5.11. The van der Waals surface area contributed by atoms with Crippen LogP contribution in [0.5, 0.6) is 0 Å². The molecule has 1 unspecified atom stereocenters. The lowest BCUT2D eigenvalue weighted by Gasteiger charge is -2.05. The number of nitrogens with two attached hydrogens (primary N) is 1. The van der Waals surface area contributed by atoms with Gasteiger partial charge in [0.05, 0.1) is 16.6 Å². The van der Waals surface area contributed by atoms with Crippen LogP contribution in [-0.4, -0.2) is 29.9 Å². The molecule has 0 saturated heterocycles.